The maximum Gasteiger partial charge on any atom is 0.296 e. The number of nitro groups is 1. The standard InChI is InChI=1S/C15H9N5O3S/c21-14-13(18-17-10-6-2-4-8-12(10)20(22)23)24-15-16-9-5-1-3-7-11(9)19(14)15/h1-8,21H. The van der Waals surface area contributed by atoms with Gasteiger partial charge in [0.2, 0.25) is 10.9 Å². The molecule has 9 heteroatoms. The molecule has 0 bridgehead atoms. The molecule has 0 spiro atoms. The van der Waals surface area contributed by atoms with E-state index in [1.54, 1.807) is 16.5 Å². The zero-order valence-electron chi connectivity index (χ0n) is 12.0. The van der Waals surface area contributed by atoms with Crippen molar-refractivity contribution in [2.75, 3.05) is 0 Å². The molecule has 0 aliphatic heterocycles. The van der Waals surface area contributed by atoms with E-state index in [9.17, 15) is 15.2 Å². The summed E-state index contributed by atoms with van der Waals surface area (Å²) >= 11 is 1.15. The molecule has 0 saturated carbocycles. The van der Waals surface area contributed by atoms with Crippen LogP contribution in [-0.2, 0) is 0 Å². The Morgan fingerprint density at radius 3 is 2.71 bits per heavy atom. The van der Waals surface area contributed by atoms with E-state index in [1.807, 2.05) is 24.3 Å². The molecule has 0 amide bonds. The lowest BCUT2D eigenvalue weighted by molar-refractivity contribution is -0.384. The largest absolute Gasteiger partial charge is 0.492 e. The van der Waals surface area contributed by atoms with Gasteiger partial charge < -0.3 is 5.11 Å². The lowest BCUT2D eigenvalue weighted by atomic mass is 10.3. The summed E-state index contributed by atoms with van der Waals surface area (Å²) in [5, 5.41) is 29.5. The minimum atomic E-state index is -0.525. The maximum absolute atomic E-state index is 11.0. The second-order valence-electron chi connectivity index (χ2n) is 4.90. The molecule has 0 radical (unpaired) electrons. The van der Waals surface area contributed by atoms with Crippen molar-refractivity contribution in [1.82, 2.24) is 9.38 Å². The molecule has 24 heavy (non-hydrogen) atoms. The number of rotatable bonds is 3. The Kier molecular flexibility index (Phi) is 3.21. The van der Waals surface area contributed by atoms with E-state index in [2.05, 4.69) is 15.2 Å². The fraction of sp³-hybridized carbons (Fsp3) is 0. The van der Waals surface area contributed by atoms with Crippen molar-refractivity contribution in [3.8, 4) is 5.88 Å². The normalized spacial score (nSPS) is 11.7. The first-order valence-electron chi connectivity index (χ1n) is 6.89. The van der Waals surface area contributed by atoms with E-state index in [4.69, 9.17) is 0 Å². The van der Waals surface area contributed by atoms with Gasteiger partial charge in [-0.3, -0.25) is 14.5 Å². The zero-order valence-corrected chi connectivity index (χ0v) is 12.8. The minimum absolute atomic E-state index is 0.0916. The quantitative estimate of drug-likeness (QED) is 0.335. The first-order valence-corrected chi connectivity index (χ1v) is 7.71. The van der Waals surface area contributed by atoms with Gasteiger partial charge in [-0.15, -0.1) is 10.2 Å². The summed E-state index contributed by atoms with van der Waals surface area (Å²) in [7, 11) is 0. The summed E-state index contributed by atoms with van der Waals surface area (Å²) in [6, 6.07) is 13.4. The van der Waals surface area contributed by atoms with Crippen molar-refractivity contribution in [2.24, 2.45) is 10.2 Å². The molecular formula is C15H9N5O3S. The number of thiazole rings is 1. The number of aromatic nitrogens is 2. The number of nitro benzene ring substituents is 1. The highest BCUT2D eigenvalue weighted by Gasteiger charge is 2.17. The number of fused-ring (bicyclic) bond motifs is 3. The van der Waals surface area contributed by atoms with Crippen molar-refractivity contribution in [3.05, 3.63) is 58.6 Å². The van der Waals surface area contributed by atoms with Crippen molar-refractivity contribution < 1.29 is 10.0 Å². The van der Waals surface area contributed by atoms with Crippen LogP contribution in [-0.4, -0.2) is 19.4 Å². The highest BCUT2D eigenvalue weighted by Crippen LogP contribution is 2.40. The van der Waals surface area contributed by atoms with Gasteiger partial charge >= 0.3 is 0 Å². The number of azo groups is 1. The first kappa shape index (κ1) is 14.3. The monoisotopic (exact) mass is 339 g/mol. The number of aromatic hydroxyl groups is 1. The van der Waals surface area contributed by atoms with Gasteiger partial charge in [-0.2, -0.15) is 0 Å². The topological polar surface area (TPSA) is 105 Å². The molecule has 4 rings (SSSR count). The van der Waals surface area contributed by atoms with Crippen molar-refractivity contribution in [1.29, 1.82) is 0 Å². The zero-order chi connectivity index (χ0) is 16.7. The lowest BCUT2D eigenvalue weighted by Gasteiger charge is -1.95. The fourth-order valence-corrected chi connectivity index (χ4v) is 3.23. The van der Waals surface area contributed by atoms with Gasteiger partial charge in [-0.05, 0) is 18.2 Å². The Hall–Kier alpha value is -3.33. The van der Waals surface area contributed by atoms with E-state index in [0.717, 1.165) is 22.4 Å². The van der Waals surface area contributed by atoms with Gasteiger partial charge in [-0.25, -0.2) is 4.98 Å². The second-order valence-corrected chi connectivity index (χ2v) is 5.85. The van der Waals surface area contributed by atoms with Crippen LogP contribution in [0.2, 0.25) is 0 Å². The van der Waals surface area contributed by atoms with Gasteiger partial charge in [-0.1, -0.05) is 35.6 Å². The lowest BCUT2D eigenvalue weighted by Crippen LogP contribution is -1.86. The molecule has 118 valence electrons. The van der Waals surface area contributed by atoms with Crippen LogP contribution in [0.4, 0.5) is 16.4 Å². The molecule has 8 nitrogen and oxygen atoms in total. The fourth-order valence-electron chi connectivity index (χ4n) is 2.37. The Morgan fingerprint density at radius 1 is 1.12 bits per heavy atom. The third kappa shape index (κ3) is 2.18. The number of para-hydroxylation sites is 3. The second kappa shape index (κ2) is 5.39. The summed E-state index contributed by atoms with van der Waals surface area (Å²) < 4.78 is 1.58. The number of benzene rings is 2. The smallest absolute Gasteiger partial charge is 0.296 e. The van der Waals surface area contributed by atoms with E-state index < -0.39 is 4.92 Å². The number of hydrogen-bond acceptors (Lipinski definition) is 7. The predicted octanol–water partition coefficient (Wildman–Crippen LogP) is 4.58. The van der Waals surface area contributed by atoms with E-state index >= 15 is 0 Å². The number of hydrogen-bond donors (Lipinski definition) is 1. The summed E-state index contributed by atoms with van der Waals surface area (Å²) in [6.07, 6.45) is 0. The van der Waals surface area contributed by atoms with Gasteiger partial charge in [0, 0.05) is 6.07 Å². The Labute approximate surface area is 138 Å². The summed E-state index contributed by atoms with van der Waals surface area (Å²) in [6.45, 7) is 0. The van der Waals surface area contributed by atoms with Gasteiger partial charge in [0.25, 0.3) is 5.69 Å². The predicted molar refractivity (Wildman–Crippen MR) is 89.5 cm³/mol. The molecule has 0 aliphatic rings. The van der Waals surface area contributed by atoms with E-state index in [-0.39, 0.29) is 22.3 Å². The molecule has 2 heterocycles. The van der Waals surface area contributed by atoms with Crippen LogP contribution in [0.25, 0.3) is 16.0 Å². The average molecular weight is 339 g/mol. The van der Waals surface area contributed by atoms with Crippen LogP contribution in [0.3, 0.4) is 0 Å². The van der Waals surface area contributed by atoms with Crippen LogP contribution in [0.5, 0.6) is 5.88 Å². The maximum atomic E-state index is 11.0. The highest BCUT2D eigenvalue weighted by atomic mass is 32.1. The molecule has 4 aromatic rings. The van der Waals surface area contributed by atoms with E-state index in [0.29, 0.717) is 4.96 Å². The van der Waals surface area contributed by atoms with E-state index in [1.165, 1.54) is 12.1 Å². The SMILES string of the molecule is O=[N+]([O-])c1ccccc1N=Nc1sc2nc3ccccc3n2c1O. The summed E-state index contributed by atoms with van der Waals surface area (Å²) in [5.41, 5.74) is 1.50. The van der Waals surface area contributed by atoms with Crippen LogP contribution < -0.4 is 0 Å². The van der Waals surface area contributed by atoms with Crippen LogP contribution in [0, 0.1) is 10.1 Å². The van der Waals surface area contributed by atoms with Gasteiger partial charge in [0.05, 0.1) is 16.0 Å². The molecule has 0 aliphatic carbocycles. The third-order valence-electron chi connectivity index (χ3n) is 3.45. The third-order valence-corrected chi connectivity index (χ3v) is 4.36. The molecule has 1 N–H and O–H groups in total. The van der Waals surface area contributed by atoms with Crippen molar-refractivity contribution in [2.45, 2.75) is 0 Å². The molecule has 0 saturated heterocycles. The highest BCUT2D eigenvalue weighted by molar-refractivity contribution is 7.21. The van der Waals surface area contributed by atoms with Crippen molar-refractivity contribution >= 4 is 43.7 Å². The molecule has 0 atom stereocenters. The average Bonchev–Trinajstić information content (AvgIpc) is 3.09. The Bertz CT molecular complexity index is 1110. The van der Waals surface area contributed by atoms with Crippen LogP contribution >= 0.6 is 11.3 Å². The summed E-state index contributed by atoms with van der Waals surface area (Å²) in [4.78, 5) is 15.4. The first-order chi connectivity index (χ1) is 11.6. The molecule has 0 unspecified atom stereocenters. The minimum Gasteiger partial charge on any atom is -0.492 e. The van der Waals surface area contributed by atoms with Crippen LogP contribution in [0.15, 0.2) is 58.8 Å². The number of nitrogens with zero attached hydrogens (tertiary/aromatic N) is 5. The molecule has 0 fully saturated rings. The number of imidazole rings is 1. The Morgan fingerprint density at radius 2 is 1.88 bits per heavy atom. The van der Waals surface area contributed by atoms with Gasteiger partial charge in [0.1, 0.15) is 0 Å². The Balaban J connectivity index is 1.81. The molecule has 2 aromatic carbocycles. The summed E-state index contributed by atoms with van der Waals surface area (Å²) in [5.74, 6) is -0.0916. The molecular weight excluding hydrogens is 330 g/mol. The van der Waals surface area contributed by atoms with Crippen molar-refractivity contribution in [3.63, 3.8) is 0 Å². The molecule has 2 aromatic heterocycles. The van der Waals surface area contributed by atoms with Crippen LogP contribution in [0.1, 0.15) is 0 Å². The van der Waals surface area contributed by atoms with Gasteiger partial charge in [0.15, 0.2) is 10.6 Å².